The molecule has 1 aliphatic heterocycles. The Bertz CT molecular complexity index is 741. The predicted molar refractivity (Wildman–Crippen MR) is 85.7 cm³/mol. The van der Waals surface area contributed by atoms with E-state index < -0.39 is 17.7 Å². The molecule has 0 aliphatic carbocycles. The van der Waals surface area contributed by atoms with Gasteiger partial charge >= 0.3 is 0 Å². The summed E-state index contributed by atoms with van der Waals surface area (Å²) in [6.07, 6.45) is 1.31. The number of anilines is 1. The number of aliphatic hydroxyl groups is 1. The van der Waals surface area contributed by atoms with Gasteiger partial charge in [0, 0.05) is 6.54 Å². The maximum absolute atomic E-state index is 13.6. The van der Waals surface area contributed by atoms with Crippen molar-refractivity contribution in [2.45, 2.75) is 45.3 Å². The zero-order valence-electron chi connectivity index (χ0n) is 13.7. The van der Waals surface area contributed by atoms with E-state index in [1.807, 2.05) is 18.7 Å². The van der Waals surface area contributed by atoms with Crippen LogP contribution in [0.3, 0.4) is 0 Å². The molecule has 0 bridgehead atoms. The SMILES string of the molecule is CCc1nnc(N2C[C@H](O)C[C@H]2c2ccc(F)c(F)c2)nc1CC. The Hall–Kier alpha value is -2.15. The molecule has 3 rings (SSSR count). The Labute approximate surface area is 139 Å². The fourth-order valence-corrected chi connectivity index (χ4v) is 3.12. The summed E-state index contributed by atoms with van der Waals surface area (Å²) in [6, 6.07) is 3.49. The minimum atomic E-state index is -0.900. The van der Waals surface area contributed by atoms with Crippen molar-refractivity contribution in [1.29, 1.82) is 0 Å². The molecule has 0 saturated carbocycles. The van der Waals surface area contributed by atoms with Crippen LogP contribution in [-0.2, 0) is 12.8 Å². The molecule has 2 atom stereocenters. The van der Waals surface area contributed by atoms with Crippen LogP contribution in [0.2, 0.25) is 0 Å². The van der Waals surface area contributed by atoms with Gasteiger partial charge in [-0.15, -0.1) is 5.10 Å². The van der Waals surface area contributed by atoms with Crippen LogP contribution in [-0.4, -0.2) is 32.9 Å². The lowest BCUT2D eigenvalue weighted by Gasteiger charge is -2.25. The van der Waals surface area contributed by atoms with E-state index in [0.29, 0.717) is 24.5 Å². The Kier molecular flexibility index (Phi) is 4.71. The number of benzene rings is 1. The molecule has 2 aromatic rings. The molecular formula is C17H20F2N4O. The number of aromatic nitrogens is 3. The molecule has 0 radical (unpaired) electrons. The molecule has 0 spiro atoms. The first-order chi connectivity index (χ1) is 11.5. The van der Waals surface area contributed by atoms with Crippen LogP contribution in [0.5, 0.6) is 0 Å². The van der Waals surface area contributed by atoms with Gasteiger partial charge in [-0.1, -0.05) is 19.9 Å². The highest BCUT2D eigenvalue weighted by atomic mass is 19.2. The molecule has 0 amide bonds. The molecule has 5 nitrogen and oxygen atoms in total. The Morgan fingerprint density at radius 1 is 1.12 bits per heavy atom. The van der Waals surface area contributed by atoms with Gasteiger partial charge in [-0.05, 0) is 37.0 Å². The highest BCUT2D eigenvalue weighted by Gasteiger charge is 2.34. The summed E-state index contributed by atoms with van der Waals surface area (Å²) < 4.78 is 26.8. The third-order valence-electron chi connectivity index (χ3n) is 4.36. The number of hydrogen-bond donors (Lipinski definition) is 1. The van der Waals surface area contributed by atoms with Gasteiger partial charge in [0.15, 0.2) is 11.6 Å². The normalized spacial score (nSPS) is 20.6. The van der Waals surface area contributed by atoms with Crippen LogP contribution in [0, 0.1) is 11.6 Å². The van der Waals surface area contributed by atoms with Crippen LogP contribution in [0.1, 0.15) is 43.3 Å². The Balaban J connectivity index is 1.97. The topological polar surface area (TPSA) is 62.1 Å². The predicted octanol–water partition coefficient (Wildman–Crippen LogP) is 2.59. The van der Waals surface area contributed by atoms with E-state index in [1.54, 1.807) is 0 Å². The molecule has 1 saturated heterocycles. The van der Waals surface area contributed by atoms with Crippen molar-refractivity contribution in [3.63, 3.8) is 0 Å². The summed E-state index contributed by atoms with van der Waals surface area (Å²) in [5.74, 6) is -1.37. The fourth-order valence-electron chi connectivity index (χ4n) is 3.12. The highest BCUT2D eigenvalue weighted by Crippen LogP contribution is 2.35. The first-order valence-corrected chi connectivity index (χ1v) is 8.15. The summed E-state index contributed by atoms with van der Waals surface area (Å²) in [4.78, 5) is 6.38. The molecule has 2 heterocycles. The molecule has 1 fully saturated rings. The van der Waals surface area contributed by atoms with Crippen LogP contribution in [0.25, 0.3) is 0 Å². The molecular weight excluding hydrogens is 314 g/mol. The van der Waals surface area contributed by atoms with E-state index in [1.165, 1.54) is 12.1 Å². The number of β-amino-alcohol motifs (C(OH)–C–C–N with tert-alkyl or cyclic N) is 1. The summed E-state index contributed by atoms with van der Waals surface area (Å²) in [5.41, 5.74) is 2.31. The van der Waals surface area contributed by atoms with E-state index in [4.69, 9.17) is 0 Å². The van der Waals surface area contributed by atoms with Gasteiger partial charge in [-0.25, -0.2) is 13.8 Å². The van der Waals surface area contributed by atoms with Gasteiger partial charge in [-0.2, -0.15) is 5.10 Å². The summed E-state index contributed by atoms with van der Waals surface area (Å²) >= 11 is 0. The van der Waals surface area contributed by atoms with Crippen LogP contribution in [0.15, 0.2) is 18.2 Å². The van der Waals surface area contributed by atoms with E-state index in [2.05, 4.69) is 15.2 Å². The van der Waals surface area contributed by atoms with Crippen molar-refractivity contribution in [3.8, 4) is 0 Å². The standard InChI is InChI=1S/C17H20F2N4O/c1-3-14-15(4-2)21-22-17(20-14)23-9-11(24)8-16(23)10-5-6-12(18)13(19)7-10/h5-7,11,16,24H,3-4,8-9H2,1-2H3/t11-,16+/m1/s1. The maximum atomic E-state index is 13.6. The first-order valence-electron chi connectivity index (χ1n) is 8.15. The smallest absolute Gasteiger partial charge is 0.246 e. The van der Waals surface area contributed by atoms with Crippen molar-refractivity contribution in [1.82, 2.24) is 15.2 Å². The van der Waals surface area contributed by atoms with Gasteiger partial charge in [0.1, 0.15) is 0 Å². The van der Waals surface area contributed by atoms with Crippen molar-refractivity contribution in [2.24, 2.45) is 0 Å². The minimum absolute atomic E-state index is 0.311. The number of halogens is 2. The van der Waals surface area contributed by atoms with Gasteiger partial charge in [0.2, 0.25) is 5.95 Å². The van der Waals surface area contributed by atoms with Gasteiger partial charge in [0.25, 0.3) is 0 Å². The second-order valence-corrected chi connectivity index (χ2v) is 5.94. The van der Waals surface area contributed by atoms with Crippen LogP contribution >= 0.6 is 0 Å². The lowest BCUT2D eigenvalue weighted by molar-refractivity contribution is 0.194. The average molecular weight is 334 g/mol. The van der Waals surface area contributed by atoms with Crippen LogP contribution in [0.4, 0.5) is 14.7 Å². The molecule has 7 heteroatoms. The second-order valence-electron chi connectivity index (χ2n) is 5.94. The van der Waals surface area contributed by atoms with Crippen molar-refractivity contribution in [2.75, 3.05) is 11.4 Å². The quantitative estimate of drug-likeness (QED) is 0.931. The molecule has 1 N–H and O–H groups in total. The van der Waals surface area contributed by atoms with Crippen molar-refractivity contribution in [3.05, 3.63) is 46.8 Å². The highest BCUT2D eigenvalue weighted by molar-refractivity contribution is 5.40. The number of aryl methyl sites for hydroxylation is 2. The summed E-state index contributed by atoms with van der Waals surface area (Å²) in [7, 11) is 0. The molecule has 128 valence electrons. The van der Waals surface area contributed by atoms with E-state index in [9.17, 15) is 13.9 Å². The Morgan fingerprint density at radius 2 is 1.88 bits per heavy atom. The van der Waals surface area contributed by atoms with E-state index in [-0.39, 0.29) is 6.04 Å². The zero-order valence-corrected chi connectivity index (χ0v) is 13.7. The minimum Gasteiger partial charge on any atom is -0.391 e. The lowest BCUT2D eigenvalue weighted by atomic mass is 10.0. The molecule has 0 unspecified atom stereocenters. The molecule has 1 aliphatic rings. The summed E-state index contributed by atoms with van der Waals surface area (Å²) in [5, 5.41) is 18.5. The number of hydrogen-bond acceptors (Lipinski definition) is 5. The van der Waals surface area contributed by atoms with E-state index >= 15 is 0 Å². The Morgan fingerprint density at radius 3 is 2.54 bits per heavy atom. The molecule has 24 heavy (non-hydrogen) atoms. The number of nitrogens with zero attached hydrogens (tertiary/aromatic N) is 4. The fraction of sp³-hybridized carbons (Fsp3) is 0.471. The monoisotopic (exact) mass is 334 g/mol. The largest absolute Gasteiger partial charge is 0.391 e. The average Bonchev–Trinajstić information content (AvgIpc) is 2.98. The van der Waals surface area contributed by atoms with Crippen molar-refractivity contribution >= 4 is 5.95 Å². The number of rotatable bonds is 4. The van der Waals surface area contributed by atoms with Crippen molar-refractivity contribution < 1.29 is 13.9 Å². The van der Waals surface area contributed by atoms with Gasteiger partial charge in [-0.3, -0.25) is 0 Å². The lowest BCUT2D eigenvalue weighted by Crippen LogP contribution is -2.27. The summed E-state index contributed by atoms with van der Waals surface area (Å²) in [6.45, 7) is 4.33. The van der Waals surface area contributed by atoms with E-state index in [0.717, 1.165) is 30.3 Å². The first kappa shape index (κ1) is 16.7. The third kappa shape index (κ3) is 3.08. The zero-order chi connectivity index (χ0) is 17.3. The maximum Gasteiger partial charge on any atom is 0.246 e. The number of aliphatic hydroxyl groups excluding tert-OH is 1. The third-order valence-corrected chi connectivity index (χ3v) is 4.36. The van der Waals surface area contributed by atoms with Crippen LogP contribution < -0.4 is 4.90 Å². The van der Waals surface area contributed by atoms with Gasteiger partial charge in [0.05, 0.1) is 23.5 Å². The molecule has 1 aromatic heterocycles. The molecule has 1 aromatic carbocycles. The second kappa shape index (κ2) is 6.76. The van der Waals surface area contributed by atoms with Gasteiger partial charge < -0.3 is 10.0 Å².